The molecule has 0 aromatic carbocycles. The van der Waals surface area contributed by atoms with Crippen LogP contribution >= 0.6 is 23.5 Å². The lowest BCUT2D eigenvalue weighted by molar-refractivity contribution is -0.301. The highest BCUT2D eigenvalue weighted by atomic mass is 32.2. The molecule has 116 valence electrons. The Morgan fingerprint density at radius 1 is 1.62 bits per heavy atom. The fraction of sp³-hybridized carbons (Fsp3) is 0.545. The Hall–Kier alpha value is -1.39. The molecule has 2 aliphatic heterocycles. The average molecular weight is 333 g/mol. The molecule has 3 unspecified atom stereocenters. The van der Waals surface area contributed by atoms with Crippen molar-refractivity contribution in [2.24, 2.45) is 11.7 Å². The van der Waals surface area contributed by atoms with Crippen LogP contribution < -0.4 is 10.8 Å². The summed E-state index contributed by atoms with van der Waals surface area (Å²) in [4.78, 5) is 34.7. The molecule has 0 bridgehead atoms. The van der Waals surface area contributed by atoms with Crippen molar-refractivity contribution in [3.05, 3.63) is 9.93 Å². The van der Waals surface area contributed by atoms with Gasteiger partial charge >= 0.3 is 6.09 Å². The summed E-state index contributed by atoms with van der Waals surface area (Å²) >= 11 is 2.33. The first-order valence-electron chi connectivity index (χ1n) is 6.03. The maximum atomic E-state index is 11.9. The average Bonchev–Trinajstić information content (AvgIpc) is 2.68. The molecule has 3 atom stereocenters. The molecule has 3 N–H and O–H groups in total. The van der Waals surface area contributed by atoms with Gasteiger partial charge in [0.05, 0.1) is 27.9 Å². The van der Waals surface area contributed by atoms with E-state index in [2.05, 4.69) is 4.74 Å². The molecule has 0 saturated carbocycles. The second-order valence-electron chi connectivity index (χ2n) is 4.42. The molecule has 0 radical (unpaired) electrons. The summed E-state index contributed by atoms with van der Waals surface area (Å²) in [5.41, 5.74) is 4.63. The maximum absolute atomic E-state index is 11.9. The molecule has 1 saturated heterocycles. The van der Waals surface area contributed by atoms with Gasteiger partial charge in [-0.25, -0.2) is 4.79 Å². The number of rotatable bonds is 6. The molecule has 0 aromatic heterocycles. The first-order valence-corrected chi connectivity index (χ1v) is 7.89. The molecule has 2 heterocycles. The summed E-state index contributed by atoms with van der Waals surface area (Å²) in [6, 6.07) is 0. The standard InChI is InChI=1S/C11H14N2O6S2/c1-4(14)5-7(15)13-6(9(16)17)10(21-8(5)13)20-3-2-19-11(12)18/h4-5,8,14H,2-3H2,1H3,(H2,12,18)(H,16,17)/p-1. The number of β-lactam (4-membered cyclic amide) rings is 1. The highest BCUT2D eigenvalue weighted by molar-refractivity contribution is 8.22. The maximum Gasteiger partial charge on any atom is 0.404 e. The van der Waals surface area contributed by atoms with Crippen LogP contribution in [0.25, 0.3) is 0 Å². The second-order valence-corrected chi connectivity index (χ2v) is 6.91. The predicted octanol–water partition coefficient (Wildman–Crippen LogP) is -1.35. The van der Waals surface area contributed by atoms with Crippen molar-refractivity contribution in [2.45, 2.75) is 18.4 Å². The molecule has 21 heavy (non-hydrogen) atoms. The van der Waals surface area contributed by atoms with Gasteiger partial charge in [0.25, 0.3) is 0 Å². The third-order valence-electron chi connectivity index (χ3n) is 3.02. The highest BCUT2D eigenvalue weighted by Crippen LogP contribution is 2.53. The van der Waals surface area contributed by atoms with Crippen LogP contribution in [0.4, 0.5) is 4.79 Å². The Kier molecular flexibility index (Phi) is 4.69. The van der Waals surface area contributed by atoms with E-state index in [1.54, 1.807) is 0 Å². The van der Waals surface area contributed by atoms with Gasteiger partial charge in [0.2, 0.25) is 5.91 Å². The summed E-state index contributed by atoms with van der Waals surface area (Å²) in [5, 5.41) is 20.3. The van der Waals surface area contributed by atoms with Crippen LogP contribution in [0.1, 0.15) is 6.92 Å². The van der Waals surface area contributed by atoms with E-state index in [1.807, 2.05) is 0 Å². The third-order valence-corrected chi connectivity index (χ3v) is 5.64. The fourth-order valence-corrected chi connectivity index (χ4v) is 4.93. The molecular weight excluding hydrogens is 320 g/mol. The quantitative estimate of drug-likeness (QED) is 0.450. The lowest BCUT2D eigenvalue weighted by Gasteiger charge is -2.44. The number of aliphatic carboxylic acids is 1. The van der Waals surface area contributed by atoms with E-state index in [-0.39, 0.29) is 12.3 Å². The van der Waals surface area contributed by atoms with Gasteiger partial charge in [0, 0.05) is 5.75 Å². The SMILES string of the molecule is CC(O)C1C(=O)N2C(C(=O)[O-])=C(SCCOC(N)=O)SC12. The summed E-state index contributed by atoms with van der Waals surface area (Å²) in [6.07, 6.45) is -1.76. The number of hydrogen-bond acceptors (Lipinski definition) is 8. The van der Waals surface area contributed by atoms with Crippen LogP contribution in [-0.2, 0) is 14.3 Å². The van der Waals surface area contributed by atoms with Crippen LogP contribution in [0.5, 0.6) is 0 Å². The Morgan fingerprint density at radius 3 is 2.81 bits per heavy atom. The van der Waals surface area contributed by atoms with Crippen LogP contribution in [0.3, 0.4) is 0 Å². The first kappa shape index (κ1) is 16.0. The van der Waals surface area contributed by atoms with E-state index in [1.165, 1.54) is 18.7 Å². The van der Waals surface area contributed by atoms with Gasteiger partial charge < -0.3 is 25.5 Å². The minimum Gasteiger partial charge on any atom is -0.543 e. The summed E-state index contributed by atoms with van der Waals surface area (Å²) in [6.45, 7) is 1.52. The fourth-order valence-electron chi connectivity index (χ4n) is 2.12. The van der Waals surface area contributed by atoms with Crippen LogP contribution in [0, 0.1) is 5.92 Å². The molecule has 0 spiro atoms. The van der Waals surface area contributed by atoms with Crippen molar-refractivity contribution >= 4 is 41.5 Å². The number of carboxylic acid groups (broad SMARTS) is 1. The van der Waals surface area contributed by atoms with E-state index < -0.39 is 35.4 Å². The van der Waals surface area contributed by atoms with Crippen molar-refractivity contribution in [1.82, 2.24) is 4.90 Å². The first-order chi connectivity index (χ1) is 9.84. The number of aliphatic hydroxyl groups is 1. The Balaban J connectivity index is 2.04. The monoisotopic (exact) mass is 333 g/mol. The number of thioether (sulfide) groups is 2. The molecule has 2 rings (SSSR count). The van der Waals surface area contributed by atoms with Gasteiger partial charge in [-0.05, 0) is 6.92 Å². The Labute approximate surface area is 128 Å². The number of hydrogen-bond donors (Lipinski definition) is 2. The zero-order chi connectivity index (χ0) is 15.7. The Bertz CT molecular complexity index is 521. The van der Waals surface area contributed by atoms with Crippen LogP contribution in [-0.4, -0.2) is 51.8 Å². The molecule has 2 amide bonds. The normalized spacial score (nSPS) is 25.4. The number of ether oxygens (including phenoxy) is 1. The number of nitrogens with two attached hydrogens (primary N) is 1. The van der Waals surface area contributed by atoms with Crippen molar-refractivity contribution in [3.63, 3.8) is 0 Å². The van der Waals surface area contributed by atoms with Gasteiger partial charge in [0.1, 0.15) is 12.0 Å². The molecule has 8 nitrogen and oxygen atoms in total. The molecule has 2 aliphatic rings. The minimum absolute atomic E-state index is 0.0306. The summed E-state index contributed by atoms with van der Waals surface area (Å²) in [5.74, 6) is -2.19. The summed E-state index contributed by atoms with van der Waals surface area (Å²) < 4.78 is 4.96. The predicted molar refractivity (Wildman–Crippen MR) is 73.4 cm³/mol. The van der Waals surface area contributed by atoms with E-state index in [4.69, 9.17) is 5.73 Å². The van der Waals surface area contributed by atoms with Gasteiger partial charge in [-0.1, -0.05) is 11.8 Å². The van der Waals surface area contributed by atoms with Crippen LogP contribution in [0.15, 0.2) is 9.93 Å². The van der Waals surface area contributed by atoms with E-state index in [0.29, 0.717) is 9.99 Å². The smallest absolute Gasteiger partial charge is 0.404 e. The number of carboxylic acids is 1. The highest BCUT2D eigenvalue weighted by Gasteiger charge is 2.56. The Morgan fingerprint density at radius 2 is 2.29 bits per heavy atom. The topological polar surface area (TPSA) is 133 Å². The van der Waals surface area contributed by atoms with Gasteiger partial charge in [-0.2, -0.15) is 0 Å². The second kappa shape index (κ2) is 6.16. The summed E-state index contributed by atoms with van der Waals surface area (Å²) in [7, 11) is 0. The number of fused-ring (bicyclic) bond motifs is 1. The molecule has 0 aromatic rings. The van der Waals surface area contributed by atoms with Gasteiger partial charge in [0.15, 0.2) is 0 Å². The molecule has 10 heteroatoms. The zero-order valence-electron chi connectivity index (χ0n) is 11.0. The third kappa shape index (κ3) is 2.97. The zero-order valence-corrected chi connectivity index (χ0v) is 12.6. The number of carbonyl (C=O) groups excluding carboxylic acids is 3. The van der Waals surface area contributed by atoms with Crippen LogP contribution in [0.2, 0.25) is 0 Å². The lowest BCUT2D eigenvalue weighted by Crippen LogP contribution is -2.61. The van der Waals surface area contributed by atoms with Gasteiger partial charge in [-0.3, -0.25) is 9.69 Å². The lowest BCUT2D eigenvalue weighted by atomic mass is 9.92. The number of nitrogens with zero attached hydrogens (tertiary/aromatic N) is 1. The number of carbonyl (C=O) groups is 3. The molecule has 1 fully saturated rings. The van der Waals surface area contributed by atoms with E-state index >= 15 is 0 Å². The van der Waals surface area contributed by atoms with Crippen molar-refractivity contribution in [1.29, 1.82) is 0 Å². The number of primary amides is 1. The molecular formula is C11H13N2O6S2-. The van der Waals surface area contributed by atoms with Crippen molar-refractivity contribution in [3.8, 4) is 0 Å². The number of amides is 2. The van der Waals surface area contributed by atoms with Gasteiger partial charge in [-0.15, -0.1) is 11.8 Å². The number of aliphatic hydroxyl groups excluding tert-OH is 1. The molecule has 0 aliphatic carbocycles. The van der Waals surface area contributed by atoms with Crippen molar-refractivity contribution in [2.75, 3.05) is 12.4 Å². The van der Waals surface area contributed by atoms with E-state index in [9.17, 15) is 24.6 Å². The largest absolute Gasteiger partial charge is 0.543 e. The van der Waals surface area contributed by atoms with Crippen molar-refractivity contribution < 1.29 is 29.3 Å². The minimum atomic E-state index is -1.44. The van der Waals surface area contributed by atoms with E-state index in [0.717, 1.165) is 16.7 Å².